The van der Waals surface area contributed by atoms with Crippen molar-refractivity contribution in [3.63, 3.8) is 0 Å². The standard InChI is InChI=1S/C28H32F2N6O5/c1-35-7-4-24(34-35)33-27(37)20-10-21(40-23(13-29)14-30)12-22(11-20)41-26-16-31-25(15-32-26)36(17-18-2-3-18)28(38)19-5-8-39-9-6-19/h4,7,10-12,15-16,18-19,23H,2-3,5-6,8-9,13-14,17H2,1H3,(H,33,34,37). The Bertz CT molecular complexity index is 1340. The van der Waals surface area contributed by atoms with Gasteiger partial charge in [-0.1, -0.05) is 0 Å². The summed E-state index contributed by atoms with van der Waals surface area (Å²) in [5, 5.41) is 6.77. The van der Waals surface area contributed by atoms with Crippen molar-refractivity contribution in [2.75, 3.05) is 43.3 Å². The second-order valence-electron chi connectivity index (χ2n) is 10.2. The maximum atomic E-state index is 13.3. The molecule has 1 saturated heterocycles. The predicted octanol–water partition coefficient (Wildman–Crippen LogP) is 4.11. The molecule has 0 unspecified atom stereocenters. The number of carbonyl (C=O) groups is 2. The third-order valence-electron chi connectivity index (χ3n) is 6.83. The lowest BCUT2D eigenvalue weighted by Crippen LogP contribution is -2.40. The van der Waals surface area contributed by atoms with Gasteiger partial charge >= 0.3 is 0 Å². The average Bonchev–Trinajstić information content (AvgIpc) is 3.73. The molecule has 0 atom stereocenters. The van der Waals surface area contributed by atoms with Gasteiger partial charge in [-0.05, 0) is 43.7 Å². The van der Waals surface area contributed by atoms with E-state index in [1.807, 2.05) is 0 Å². The fourth-order valence-corrected chi connectivity index (χ4v) is 4.44. The van der Waals surface area contributed by atoms with Crippen molar-refractivity contribution < 1.29 is 32.6 Å². The minimum atomic E-state index is -1.33. The fraction of sp³-hybridized carbons (Fsp3) is 0.464. The summed E-state index contributed by atoms with van der Waals surface area (Å²) in [6.07, 6.45) is 6.71. The number of benzene rings is 1. The number of ether oxygens (including phenoxy) is 3. The van der Waals surface area contributed by atoms with Crippen LogP contribution in [0.1, 0.15) is 36.0 Å². The van der Waals surface area contributed by atoms with Gasteiger partial charge in [-0.3, -0.25) is 19.2 Å². The maximum absolute atomic E-state index is 13.3. The van der Waals surface area contributed by atoms with Gasteiger partial charge in [0.2, 0.25) is 11.8 Å². The molecule has 0 bridgehead atoms. The van der Waals surface area contributed by atoms with Gasteiger partial charge in [0.25, 0.3) is 5.91 Å². The molecule has 3 heterocycles. The third kappa shape index (κ3) is 7.54. The van der Waals surface area contributed by atoms with Crippen molar-refractivity contribution >= 4 is 23.5 Å². The van der Waals surface area contributed by atoms with Gasteiger partial charge in [0.1, 0.15) is 24.8 Å². The van der Waals surface area contributed by atoms with Crippen LogP contribution < -0.4 is 19.7 Å². The number of nitrogens with zero attached hydrogens (tertiary/aromatic N) is 5. The lowest BCUT2D eigenvalue weighted by molar-refractivity contribution is -0.125. The van der Waals surface area contributed by atoms with Crippen LogP contribution in [0, 0.1) is 11.8 Å². The molecule has 1 N–H and O–H groups in total. The SMILES string of the molecule is Cn1ccc(NC(=O)c2cc(Oc3cnc(N(CC4CC4)C(=O)C4CCOCC4)cn3)cc(OC(CF)CF)c2)n1. The van der Waals surface area contributed by atoms with E-state index in [-0.39, 0.29) is 34.8 Å². The van der Waals surface area contributed by atoms with Crippen LogP contribution >= 0.6 is 0 Å². The molecule has 0 spiro atoms. The van der Waals surface area contributed by atoms with E-state index in [4.69, 9.17) is 14.2 Å². The molecule has 2 aromatic heterocycles. The number of carbonyl (C=O) groups excluding carboxylic acids is 2. The van der Waals surface area contributed by atoms with Gasteiger partial charge in [-0.15, -0.1) is 0 Å². The first-order valence-corrected chi connectivity index (χ1v) is 13.6. The van der Waals surface area contributed by atoms with Crippen LogP contribution in [0.5, 0.6) is 17.4 Å². The minimum Gasteiger partial charge on any atom is -0.485 e. The summed E-state index contributed by atoms with van der Waals surface area (Å²) in [5.41, 5.74) is 0.113. The molecular weight excluding hydrogens is 538 g/mol. The Morgan fingerprint density at radius 3 is 2.49 bits per heavy atom. The molecule has 11 nitrogen and oxygen atoms in total. The second kappa shape index (κ2) is 13.0. The number of hydrogen-bond donors (Lipinski definition) is 1. The largest absolute Gasteiger partial charge is 0.485 e. The Hall–Kier alpha value is -4.13. The maximum Gasteiger partial charge on any atom is 0.257 e. The molecule has 1 saturated carbocycles. The molecule has 41 heavy (non-hydrogen) atoms. The highest BCUT2D eigenvalue weighted by molar-refractivity contribution is 6.04. The average molecular weight is 571 g/mol. The highest BCUT2D eigenvalue weighted by atomic mass is 19.1. The summed E-state index contributed by atoms with van der Waals surface area (Å²) < 4.78 is 44.5. The number of hydrogen-bond acceptors (Lipinski definition) is 8. The summed E-state index contributed by atoms with van der Waals surface area (Å²) in [7, 11) is 1.71. The second-order valence-corrected chi connectivity index (χ2v) is 10.2. The van der Waals surface area contributed by atoms with Crippen LogP contribution in [0.2, 0.25) is 0 Å². The Kier molecular flexibility index (Phi) is 9.02. The number of rotatable bonds is 12. The van der Waals surface area contributed by atoms with E-state index in [0.29, 0.717) is 50.2 Å². The highest BCUT2D eigenvalue weighted by Gasteiger charge is 2.33. The fourth-order valence-electron chi connectivity index (χ4n) is 4.44. The minimum absolute atomic E-state index is 0.0202. The first-order valence-electron chi connectivity index (χ1n) is 13.6. The van der Waals surface area contributed by atoms with Gasteiger partial charge in [0, 0.05) is 56.6 Å². The molecule has 1 aliphatic carbocycles. The van der Waals surface area contributed by atoms with Gasteiger partial charge in [0.05, 0.1) is 12.4 Å². The Morgan fingerprint density at radius 2 is 1.85 bits per heavy atom. The number of amides is 2. The van der Waals surface area contributed by atoms with Crippen LogP contribution in [0.3, 0.4) is 0 Å². The van der Waals surface area contributed by atoms with E-state index in [0.717, 1.165) is 12.8 Å². The summed E-state index contributed by atoms with van der Waals surface area (Å²) in [4.78, 5) is 36.7. The smallest absolute Gasteiger partial charge is 0.257 e. The molecule has 2 amide bonds. The van der Waals surface area contributed by atoms with Gasteiger partial charge < -0.3 is 19.5 Å². The lowest BCUT2D eigenvalue weighted by Gasteiger charge is -2.28. The first-order chi connectivity index (χ1) is 19.9. The first kappa shape index (κ1) is 28.4. The zero-order valence-corrected chi connectivity index (χ0v) is 22.7. The number of nitrogens with one attached hydrogen (secondary N) is 1. The van der Waals surface area contributed by atoms with Gasteiger partial charge in [0.15, 0.2) is 17.7 Å². The summed E-state index contributed by atoms with van der Waals surface area (Å²) in [6.45, 7) is -0.381. The topological polar surface area (TPSA) is 121 Å². The molecule has 0 radical (unpaired) electrons. The summed E-state index contributed by atoms with van der Waals surface area (Å²) in [6, 6.07) is 5.82. The number of anilines is 2. The van der Waals surface area contributed by atoms with E-state index in [2.05, 4.69) is 20.4 Å². The van der Waals surface area contributed by atoms with Crippen molar-refractivity contribution in [2.24, 2.45) is 18.9 Å². The number of halogens is 2. The van der Waals surface area contributed by atoms with Crippen LogP contribution in [0.4, 0.5) is 20.4 Å². The highest BCUT2D eigenvalue weighted by Crippen LogP contribution is 2.33. The normalized spacial score (nSPS) is 15.5. The molecular formula is C28H32F2N6O5. The Labute approximate surface area is 235 Å². The van der Waals surface area contributed by atoms with Crippen molar-refractivity contribution in [2.45, 2.75) is 31.8 Å². The van der Waals surface area contributed by atoms with Crippen molar-refractivity contribution in [3.05, 3.63) is 48.4 Å². The Balaban J connectivity index is 1.35. The monoisotopic (exact) mass is 570 g/mol. The van der Waals surface area contributed by atoms with Crippen LogP contribution in [0.25, 0.3) is 0 Å². The van der Waals surface area contributed by atoms with Crippen molar-refractivity contribution in [3.8, 4) is 17.4 Å². The zero-order chi connectivity index (χ0) is 28.8. The summed E-state index contributed by atoms with van der Waals surface area (Å²) in [5.74, 6) is 0.859. The van der Waals surface area contributed by atoms with E-state index >= 15 is 0 Å². The van der Waals surface area contributed by atoms with E-state index < -0.39 is 25.4 Å². The van der Waals surface area contributed by atoms with Crippen LogP contribution in [0.15, 0.2) is 42.9 Å². The molecule has 5 rings (SSSR count). The molecule has 2 aliphatic rings. The number of aryl methyl sites for hydroxylation is 1. The summed E-state index contributed by atoms with van der Waals surface area (Å²) >= 11 is 0. The predicted molar refractivity (Wildman–Crippen MR) is 145 cm³/mol. The molecule has 2 fully saturated rings. The quantitative estimate of drug-likeness (QED) is 0.346. The molecule has 3 aromatic rings. The molecule has 218 valence electrons. The van der Waals surface area contributed by atoms with Crippen LogP contribution in [-0.2, 0) is 16.6 Å². The molecule has 1 aliphatic heterocycles. The zero-order valence-electron chi connectivity index (χ0n) is 22.7. The van der Waals surface area contributed by atoms with E-state index in [1.165, 1.54) is 35.3 Å². The van der Waals surface area contributed by atoms with Gasteiger partial charge in [-0.2, -0.15) is 5.10 Å². The molecule has 1 aromatic carbocycles. The third-order valence-corrected chi connectivity index (χ3v) is 6.83. The Morgan fingerprint density at radius 1 is 1.10 bits per heavy atom. The molecule has 13 heteroatoms. The van der Waals surface area contributed by atoms with Crippen LogP contribution in [-0.4, -0.2) is 70.8 Å². The number of aromatic nitrogens is 4. The van der Waals surface area contributed by atoms with Crippen molar-refractivity contribution in [1.82, 2.24) is 19.7 Å². The van der Waals surface area contributed by atoms with Crippen molar-refractivity contribution in [1.29, 1.82) is 0 Å². The number of alkyl halides is 2. The van der Waals surface area contributed by atoms with Gasteiger partial charge in [-0.25, -0.2) is 18.7 Å². The van der Waals surface area contributed by atoms with E-state index in [1.54, 1.807) is 24.2 Å². The van der Waals surface area contributed by atoms with E-state index in [9.17, 15) is 18.4 Å². The lowest BCUT2D eigenvalue weighted by atomic mass is 9.98.